The number of carbonyl (C=O) groups is 1. The van der Waals surface area contributed by atoms with Crippen molar-refractivity contribution in [3.05, 3.63) is 52.7 Å². The smallest absolute Gasteiger partial charge is 0.287 e. The van der Waals surface area contributed by atoms with Crippen LogP contribution in [-0.4, -0.2) is 27.8 Å². The summed E-state index contributed by atoms with van der Waals surface area (Å²) in [4.78, 5) is 28.4. The van der Waals surface area contributed by atoms with Crippen LogP contribution in [0.4, 0.5) is 11.5 Å². The molecule has 2 aliphatic rings. The third-order valence-corrected chi connectivity index (χ3v) is 4.02. The van der Waals surface area contributed by atoms with E-state index in [0.29, 0.717) is 5.82 Å². The van der Waals surface area contributed by atoms with Gasteiger partial charge in [0, 0.05) is 12.0 Å². The maximum atomic E-state index is 12.1. The predicted molar refractivity (Wildman–Crippen MR) is 78.0 cm³/mol. The highest BCUT2D eigenvalue weighted by molar-refractivity contribution is 5.99. The van der Waals surface area contributed by atoms with E-state index in [2.05, 4.69) is 11.1 Å². The summed E-state index contributed by atoms with van der Waals surface area (Å²) in [6.45, 7) is 1.96. The third kappa shape index (κ3) is 2.22. The Morgan fingerprint density at radius 1 is 1.48 bits per heavy atom. The molecule has 0 amide bonds. The standard InChI is InChI=1S/C15H15N3O3/c1-2-3-10-8-13-14(19)6-5-12(10)17(13)15-7-4-11(9-16-15)18(20)21/h2-7,9-10,12-13H,8H2,1H3. The number of allylic oxidation sites excluding steroid dienone is 1. The van der Waals surface area contributed by atoms with Crippen molar-refractivity contribution in [2.75, 3.05) is 4.90 Å². The first-order chi connectivity index (χ1) is 10.1. The Labute approximate surface area is 121 Å². The Morgan fingerprint density at radius 3 is 2.90 bits per heavy atom. The van der Waals surface area contributed by atoms with Crippen LogP contribution in [0, 0.1) is 16.0 Å². The quantitative estimate of drug-likeness (QED) is 0.483. The maximum absolute atomic E-state index is 12.1. The van der Waals surface area contributed by atoms with E-state index in [4.69, 9.17) is 0 Å². The van der Waals surface area contributed by atoms with Gasteiger partial charge in [-0.25, -0.2) is 4.98 Å². The number of hydrogen-bond acceptors (Lipinski definition) is 5. The van der Waals surface area contributed by atoms with Crippen LogP contribution >= 0.6 is 0 Å². The molecule has 1 saturated heterocycles. The lowest BCUT2D eigenvalue weighted by atomic mass is 10.00. The molecule has 2 bridgehead atoms. The normalized spacial score (nSPS) is 27.6. The van der Waals surface area contributed by atoms with Crippen LogP contribution < -0.4 is 4.90 Å². The molecule has 0 N–H and O–H groups in total. The minimum absolute atomic E-state index is 0.0463. The monoisotopic (exact) mass is 285 g/mol. The van der Waals surface area contributed by atoms with Crippen LogP contribution in [0.15, 0.2) is 42.6 Å². The molecule has 0 radical (unpaired) electrons. The molecule has 3 unspecified atom stereocenters. The first kappa shape index (κ1) is 13.5. The fourth-order valence-corrected chi connectivity index (χ4v) is 3.11. The molecule has 108 valence electrons. The Morgan fingerprint density at radius 2 is 2.29 bits per heavy atom. The van der Waals surface area contributed by atoms with E-state index >= 15 is 0 Å². The summed E-state index contributed by atoms with van der Waals surface area (Å²) >= 11 is 0. The van der Waals surface area contributed by atoms with Crippen molar-refractivity contribution in [3.8, 4) is 0 Å². The highest BCUT2D eigenvalue weighted by atomic mass is 16.6. The Bertz CT molecular complexity index is 636. The number of rotatable bonds is 3. The summed E-state index contributed by atoms with van der Waals surface area (Å²) in [5.74, 6) is 0.943. The summed E-state index contributed by atoms with van der Waals surface area (Å²) in [5, 5.41) is 10.7. The molecule has 1 aromatic rings. The van der Waals surface area contributed by atoms with Gasteiger partial charge in [0.2, 0.25) is 0 Å². The van der Waals surface area contributed by atoms with Gasteiger partial charge < -0.3 is 4.90 Å². The Kier molecular flexibility index (Phi) is 3.29. The largest absolute Gasteiger partial charge is 0.339 e. The fraction of sp³-hybridized carbons (Fsp3) is 0.333. The van der Waals surface area contributed by atoms with Crippen molar-refractivity contribution in [1.82, 2.24) is 4.98 Å². The molecule has 1 fully saturated rings. The van der Waals surface area contributed by atoms with Gasteiger partial charge in [-0.15, -0.1) is 0 Å². The van der Waals surface area contributed by atoms with E-state index in [-0.39, 0.29) is 29.5 Å². The first-order valence-electron chi connectivity index (χ1n) is 6.85. The number of nitrogens with zero attached hydrogens (tertiary/aromatic N) is 3. The molecular formula is C15H15N3O3. The molecule has 6 heteroatoms. The lowest BCUT2D eigenvalue weighted by molar-refractivity contribution is -0.385. The predicted octanol–water partition coefficient (Wildman–Crippen LogP) is 2.27. The van der Waals surface area contributed by atoms with Gasteiger partial charge in [0.1, 0.15) is 12.0 Å². The van der Waals surface area contributed by atoms with Gasteiger partial charge in [-0.3, -0.25) is 14.9 Å². The van der Waals surface area contributed by atoms with Gasteiger partial charge in [-0.05, 0) is 25.5 Å². The van der Waals surface area contributed by atoms with Crippen molar-refractivity contribution in [3.63, 3.8) is 0 Å². The summed E-state index contributed by atoms with van der Waals surface area (Å²) in [6, 6.07) is 2.89. The average molecular weight is 285 g/mol. The van der Waals surface area contributed by atoms with E-state index in [1.165, 1.54) is 12.3 Å². The number of aromatic nitrogens is 1. The molecule has 3 rings (SSSR count). The van der Waals surface area contributed by atoms with Crippen LogP contribution in [0.1, 0.15) is 13.3 Å². The highest BCUT2D eigenvalue weighted by Gasteiger charge is 2.44. The lowest BCUT2D eigenvalue weighted by Gasteiger charge is -2.32. The first-order valence-corrected chi connectivity index (χ1v) is 6.85. The minimum atomic E-state index is -0.477. The minimum Gasteiger partial charge on any atom is -0.339 e. The van der Waals surface area contributed by atoms with Crippen LogP contribution in [0.5, 0.6) is 0 Å². The molecule has 6 nitrogen and oxygen atoms in total. The van der Waals surface area contributed by atoms with E-state index in [9.17, 15) is 14.9 Å². The molecule has 3 heterocycles. The number of hydrogen-bond donors (Lipinski definition) is 0. The summed E-state index contributed by atoms with van der Waals surface area (Å²) in [5.41, 5.74) is -0.0463. The van der Waals surface area contributed by atoms with Crippen molar-refractivity contribution >= 4 is 17.3 Å². The molecule has 3 atom stereocenters. The zero-order valence-corrected chi connectivity index (χ0v) is 11.5. The summed E-state index contributed by atoms with van der Waals surface area (Å²) in [6.07, 6.45) is 9.62. The molecule has 2 aliphatic heterocycles. The number of anilines is 1. The number of ketones is 1. The molecule has 1 aromatic heterocycles. The van der Waals surface area contributed by atoms with Gasteiger partial charge in [0.05, 0.1) is 17.0 Å². The zero-order valence-electron chi connectivity index (χ0n) is 11.5. The van der Waals surface area contributed by atoms with Gasteiger partial charge in [0.15, 0.2) is 5.78 Å². The van der Waals surface area contributed by atoms with Gasteiger partial charge >= 0.3 is 0 Å². The molecule has 0 aromatic carbocycles. The van der Waals surface area contributed by atoms with E-state index in [1.807, 2.05) is 24.0 Å². The van der Waals surface area contributed by atoms with E-state index in [1.54, 1.807) is 12.1 Å². The number of carbonyl (C=O) groups excluding carboxylic acids is 1. The van der Waals surface area contributed by atoms with Gasteiger partial charge in [0.25, 0.3) is 5.69 Å². The lowest BCUT2D eigenvalue weighted by Crippen LogP contribution is -2.43. The second kappa shape index (κ2) is 5.12. The summed E-state index contributed by atoms with van der Waals surface area (Å²) in [7, 11) is 0. The van der Waals surface area contributed by atoms with Crippen LogP contribution in [-0.2, 0) is 4.79 Å². The molecule has 0 saturated carbocycles. The third-order valence-electron chi connectivity index (χ3n) is 4.02. The number of pyridine rings is 1. The Hall–Kier alpha value is -2.50. The van der Waals surface area contributed by atoms with Crippen molar-refractivity contribution < 1.29 is 9.72 Å². The maximum Gasteiger partial charge on any atom is 0.287 e. The molecule has 21 heavy (non-hydrogen) atoms. The molecule has 0 spiro atoms. The average Bonchev–Trinajstić information content (AvgIpc) is 2.76. The van der Waals surface area contributed by atoms with Crippen LogP contribution in [0.3, 0.4) is 0 Å². The van der Waals surface area contributed by atoms with Crippen molar-refractivity contribution in [1.29, 1.82) is 0 Å². The topological polar surface area (TPSA) is 76.3 Å². The van der Waals surface area contributed by atoms with Gasteiger partial charge in [-0.2, -0.15) is 0 Å². The molecule has 0 aliphatic carbocycles. The Balaban J connectivity index is 1.95. The SMILES string of the molecule is CC=CC1CC2C(=O)C=CC1N2c1ccc([N+](=O)[O-])cn1. The summed E-state index contributed by atoms with van der Waals surface area (Å²) < 4.78 is 0. The van der Waals surface area contributed by atoms with Crippen molar-refractivity contribution in [2.45, 2.75) is 25.4 Å². The second-order valence-corrected chi connectivity index (χ2v) is 5.23. The highest BCUT2D eigenvalue weighted by Crippen LogP contribution is 2.38. The number of nitro groups is 1. The zero-order chi connectivity index (χ0) is 15.0. The fourth-order valence-electron chi connectivity index (χ4n) is 3.11. The van der Waals surface area contributed by atoms with E-state index < -0.39 is 4.92 Å². The van der Waals surface area contributed by atoms with E-state index in [0.717, 1.165) is 6.42 Å². The van der Waals surface area contributed by atoms with Crippen molar-refractivity contribution in [2.24, 2.45) is 5.92 Å². The second-order valence-electron chi connectivity index (χ2n) is 5.23. The van der Waals surface area contributed by atoms with Crippen LogP contribution in [0.25, 0.3) is 0 Å². The molecular weight excluding hydrogens is 270 g/mol. The number of fused-ring (bicyclic) bond motifs is 2. The van der Waals surface area contributed by atoms with Gasteiger partial charge in [-0.1, -0.05) is 18.2 Å². The van der Waals surface area contributed by atoms with Crippen LogP contribution in [0.2, 0.25) is 0 Å².